The van der Waals surface area contributed by atoms with E-state index in [9.17, 15) is 4.79 Å². The maximum absolute atomic E-state index is 13.2. The zero-order valence-corrected chi connectivity index (χ0v) is 21.7. The maximum Gasteiger partial charge on any atom is 0.132 e. The van der Waals surface area contributed by atoms with Crippen molar-refractivity contribution in [1.29, 1.82) is 0 Å². The summed E-state index contributed by atoms with van der Waals surface area (Å²) < 4.78 is 0. The number of carbonyl (C=O) groups is 1. The number of ketones is 1. The highest BCUT2D eigenvalue weighted by Crippen LogP contribution is 2.43. The summed E-state index contributed by atoms with van der Waals surface area (Å²) in [5, 5.41) is 1.49. The summed E-state index contributed by atoms with van der Waals surface area (Å²) in [7, 11) is 0. The number of halogens is 2. The first-order chi connectivity index (χ1) is 16.6. The van der Waals surface area contributed by atoms with E-state index in [1.807, 2.05) is 12.4 Å². The highest BCUT2D eigenvalue weighted by molar-refractivity contribution is 6.31. The van der Waals surface area contributed by atoms with Gasteiger partial charge in [0.1, 0.15) is 5.78 Å². The van der Waals surface area contributed by atoms with Crippen molar-refractivity contribution in [1.82, 2.24) is 9.97 Å². The van der Waals surface area contributed by atoms with E-state index >= 15 is 0 Å². The van der Waals surface area contributed by atoms with Crippen LogP contribution in [-0.2, 0) is 4.79 Å². The Balaban J connectivity index is 1.40. The molecule has 2 heterocycles. The molecule has 5 heteroatoms. The van der Waals surface area contributed by atoms with E-state index in [2.05, 4.69) is 22.1 Å². The van der Waals surface area contributed by atoms with Crippen LogP contribution in [0.4, 0.5) is 0 Å². The van der Waals surface area contributed by atoms with Crippen molar-refractivity contribution in [2.75, 3.05) is 0 Å². The molecule has 0 bridgehead atoms. The van der Waals surface area contributed by atoms with E-state index < -0.39 is 0 Å². The molecule has 184 valence electrons. The molecule has 2 aliphatic carbocycles. The molecule has 4 rings (SSSR count). The molecule has 0 spiro atoms. The van der Waals surface area contributed by atoms with E-state index in [4.69, 9.17) is 23.2 Å². The second-order valence-electron chi connectivity index (χ2n) is 10.4. The number of carbonyl (C=O) groups excluding carboxylic acids is 1. The van der Waals surface area contributed by atoms with Gasteiger partial charge in [0.05, 0.1) is 10.0 Å². The molecule has 2 aromatic heterocycles. The molecular weight excluding hydrogens is 463 g/mol. The molecule has 0 aliphatic heterocycles. The number of hydrogen-bond donors (Lipinski definition) is 0. The van der Waals surface area contributed by atoms with Crippen molar-refractivity contribution in [3.05, 3.63) is 58.1 Å². The Morgan fingerprint density at radius 3 is 1.53 bits per heavy atom. The van der Waals surface area contributed by atoms with Crippen molar-refractivity contribution < 1.29 is 4.79 Å². The third kappa shape index (κ3) is 6.82. The molecule has 0 saturated heterocycles. The van der Waals surface area contributed by atoms with Crippen molar-refractivity contribution in [2.45, 2.75) is 102 Å². The van der Waals surface area contributed by atoms with E-state index in [1.54, 1.807) is 12.4 Å². The minimum absolute atomic E-state index is 0.350. The Morgan fingerprint density at radius 2 is 1.15 bits per heavy atom. The molecule has 34 heavy (non-hydrogen) atoms. The summed E-state index contributed by atoms with van der Waals surface area (Å²) in [4.78, 5) is 21.5. The van der Waals surface area contributed by atoms with Crippen molar-refractivity contribution in [3.63, 3.8) is 0 Å². The lowest BCUT2D eigenvalue weighted by Gasteiger charge is -2.32. The van der Waals surface area contributed by atoms with Crippen LogP contribution < -0.4 is 0 Å². The molecule has 0 radical (unpaired) electrons. The van der Waals surface area contributed by atoms with Crippen LogP contribution in [0.5, 0.6) is 0 Å². The Bertz CT molecular complexity index is 848. The van der Waals surface area contributed by atoms with Crippen LogP contribution in [0.1, 0.15) is 113 Å². The summed E-state index contributed by atoms with van der Waals surface area (Å²) in [6, 6.07) is 4.13. The SMILES string of the molecule is O=C(CC[C@@H](c1ccncc1Cl)C1CCCCC1)CC[C@@H](c1ccncc1Cl)C1CCCCC1. The summed E-state index contributed by atoms with van der Waals surface area (Å²) in [6.07, 6.45) is 23.0. The van der Waals surface area contributed by atoms with Crippen LogP contribution in [0.15, 0.2) is 36.9 Å². The fraction of sp³-hybridized carbons (Fsp3) is 0.621. The van der Waals surface area contributed by atoms with E-state index in [0.29, 0.717) is 42.3 Å². The maximum atomic E-state index is 13.2. The van der Waals surface area contributed by atoms with Gasteiger partial charge in [-0.1, -0.05) is 61.7 Å². The van der Waals surface area contributed by atoms with Gasteiger partial charge in [0.15, 0.2) is 0 Å². The molecule has 2 saturated carbocycles. The highest BCUT2D eigenvalue weighted by atomic mass is 35.5. The summed E-state index contributed by atoms with van der Waals surface area (Å²) in [5.74, 6) is 2.31. The fourth-order valence-corrected chi connectivity index (χ4v) is 7.01. The van der Waals surface area contributed by atoms with E-state index in [0.717, 1.165) is 22.9 Å². The Labute approximate surface area is 215 Å². The highest BCUT2D eigenvalue weighted by Gasteiger charge is 2.29. The van der Waals surface area contributed by atoms with Gasteiger partial charge in [0, 0.05) is 37.6 Å². The molecule has 0 amide bonds. The Morgan fingerprint density at radius 1 is 0.735 bits per heavy atom. The van der Waals surface area contributed by atoms with Gasteiger partial charge in [-0.2, -0.15) is 0 Å². The number of pyridine rings is 2. The molecular formula is C29H38Cl2N2O. The zero-order valence-electron chi connectivity index (χ0n) is 20.2. The zero-order chi connectivity index (χ0) is 23.8. The minimum atomic E-state index is 0.350. The number of hydrogen-bond acceptors (Lipinski definition) is 3. The molecule has 2 aliphatic rings. The van der Waals surface area contributed by atoms with E-state index in [-0.39, 0.29) is 0 Å². The lowest BCUT2D eigenvalue weighted by Crippen LogP contribution is -2.19. The lowest BCUT2D eigenvalue weighted by molar-refractivity contribution is -0.119. The van der Waals surface area contributed by atoms with Crippen LogP contribution in [0.25, 0.3) is 0 Å². The second kappa shape index (κ2) is 13.0. The monoisotopic (exact) mass is 500 g/mol. The van der Waals surface area contributed by atoms with Gasteiger partial charge in [-0.3, -0.25) is 14.8 Å². The standard InChI is InChI=1S/C29H38Cl2N2O/c30-28-19-32-17-15-26(28)24(21-7-3-1-4-8-21)13-11-23(34)12-14-25(22-9-5-2-6-10-22)27-16-18-33-20-29(27)31/h15-22,24-25H,1-14H2/t24-,25-/m1/s1. The predicted molar refractivity (Wildman–Crippen MR) is 141 cm³/mol. The van der Waals surface area contributed by atoms with Gasteiger partial charge >= 0.3 is 0 Å². The lowest BCUT2D eigenvalue weighted by atomic mass is 9.73. The third-order valence-corrected chi connectivity index (χ3v) is 8.94. The molecule has 0 aromatic carbocycles. The molecule has 0 unspecified atom stereocenters. The average Bonchev–Trinajstić information content (AvgIpc) is 2.87. The first kappa shape index (κ1) is 25.6. The quantitative estimate of drug-likeness (QED) is 0.326. The molecule has 0 N–H and O–H groups in total. The van der Waals surface area contributed by atoms with Gasteiger partial charge in [-0.15, -0.1) is 0 Å². The van der Waals surface area contributed by atoms with Crippen molar-refractivity contribution in [3.8, 4) is 0 Å². The largest absolute Gasteiger partial charge is 0.300 e. The van der Waals surface area contributed by atoms with Gasteiger partial charge in [0.25, 0.3) is 0 Å². The van der Waals surface area contributed by atoms with Crippen molar-refractivity contribution >= 4 is 29.0 Å². The Hall–Kier alpha value is -1.45. The minimum Gasteiger partial charge on any atom is -0.300 e. The van der Waals surface area contributed by atoms with Crippen molar-refractivity contribution in [2.24, 2.45) is 11.8 Å². The van der Waals surface area contributed by atoms with E-state index in [1.165, 1.54) is 75.3 Å². The van der Waals surface area contributed by atoms with Crippen LogP contribution in [0.3, 0.4) is 0 Å². The number of Topliss-reactive ketones (excluding diaryl/α,β-unsaturated/α-hetero) is 1. The van der Waals surface area contributed by atoms with Gasteiger partial charge in [-0.05, 0) is 85.5 Å². The average molecular weight is 502 g/mol. The first-order valence-corrected chi connectivity index (χ1v) is 14.1. The van der Waals surface area contributed by atoms with Gasteiger partial charge in [-0.25, -0.2) is 0 Å². The first-order valence-electron chi connectivity index (χ1n) is 13.3. The molecule has 2 aromatic rings. The van der Waals surface area contributed by atoms with Crippen LogP contribution in [-0.4, -0.2) is 15.8 Å². The fourth-order valence-electron chi connectivity index (χ4n) is 6.49. The number of rotatable bonds is 10. The van der Waals surface area contributed by atoms with Gasteiger partial charge in [0.2, 0.25) is 0 Å². The predicted octanol–water partition coefficient (Wildman–Crippen LogP) is 8.94. The molecule has 3 nitrogen and oxygen atoms in total. The normalized spacial score (nSPS) is 19.6. The van der Waals surface area contributed by atoms with Crippen LogP contribution >= 0.6 is 23.2 Å². The summed E-state index contributed by atoms with van der Waals surface area (Å²) in [6.45, 7) is 0. The number of aromatic nitrogens is 2. The number of nitrogens with zero attached hydrogens (tertiary/aromatic N) is 2. The molecule has 2 fully saturated rings. The second-order valence-corrected chi connectivity index (χ2v) is 11.2. The smallest absolute Gasteiger partial charge is 0.132 e. The van der Waals surface area contributed by atoms with Crippen LogP contribution in [0.2, 0.25) is 10.0 Å². The topological polar surface area (TPSA) is 42.9 Å². The summed E-state index contributed by atoms with van der Waals surface area (Å²) >= 11 is 13.1. The van der Waals surface area contributed by atoms with Crippen LogP contribution in [0, 0.1) is 11.8 Å². The third-order valence-electron chi connectivity index (χ3n) is 8.31. The molecule has 2 atom stereocenters. The van der Waals surface area contributed by atoms with Gasteiger partial charge < -0.3 is 0 Å². The summed E-state index contributed by atoms with van der Waals surface area (Å²) in [5.41, 5.74) is 2.36. The Kier molecular flexibility index (Phi) is 9.82.